The SMILES string of the molecule is COc1ccc(C(=O)Cn2nc3n(Cc4ccc(C)cc4)c(=O)c4ccccc4n3c2=O)cc1OC. The first-order chi connectivity index (χ1) is 17.4. The second kappa shape index (κ2) is 9.18. The Morgan fingerprint density at radius 3 is 2.36 bits per heavy atom. The molecule has 5 aromatic rings. The number of rotatable bonds is 7. The van der Waals surface area contributed by atoms with E-state index in [4.69, 9.17) is 9.47 Å². The first kappa shape index (κ1) is 23.1. The van der Waals surface area contributed by atoms with Crippen LogP contribution < -0.4 is 20.7 Å². The maximum absolute atomic E-state index is 13.4. The topological polar surface area (TPSA) is 96.8 Å². The molecular weight excluding hydrogens is 460 g/mol. The van der Waals surface area contributed by atoms with Gasteiger partial charge in [-0.2, -0.15) is 0 Å². The minimum Gasteiger partial charge on any atom is -0.493 e. The molecule has 0 aliphatic rings. The number of benzene rings is 3. The number of Topliss-reactive ketones (excluding diaryl/α,β-unsaturated/α-hetero) is 1. The number of hydrogen-bond donors (Lipinski definition) is 0. The summed E-state index contributed by atoms with van der Waals surface area (Å²) in [5, 5.41) is 4.83. The van der Waals surface area contributed by atoms with Crippen molar-refractivity contribution in [2.45, 2.75) is 20.0 Å². The van der Waals surface area contributed by atoms with Gasteiger partial charge in [-0.3, -0.25) is 14.2 Å². The van der Waals surface area contributed by atoms with Crippen molar-refractivity contribution in [3.05, 3.63) is 104 Å². The lowest BCUT2D eigenvalue weighted by Gasteiger charge is -2.10. The summed E-state index contributed by atoms with van der Waals surface area (Å²) in [6.07, 6.45) is 0. The van der Waals surface area contributed by atoms with E-state index in [1.165, 1.54) is 23.2 Å². The smallest absolute Gasteiger partial charge is 0.352 e. The number of carbonyl (C=O) groups is 1. The molecule has 0 unspecified atom stereocenters. The van der Waals surface area contributed by atoms with Crippen LogP contribution in [0.2, 0.25) is 0 Å². The Morgan fingerprint density at radius 2 is 1.64 bits per heavy atom. The third-order valence-corrected chi connectivity index (χ3v) is 6.14. The number of ether oxygens (including phenoxy) is 2. The van der Waals surface area contributed by atoms with E-state index in [0.717, 1.165) is 15.8 Å². The molecule has 0 aliphatic heterocycles. The molecule has 0 N–H and O–H groups in total. The van der Waals surface area contributed by atoms with E-state index in [-0.39, 0.29) is 30.2 Å². The third kappa shape index (κ3) is 3.94. The molecule has 0 atom stereocenters. The molecule has 0 radical (unpaired) electrons. The molecule has 9 nitrogen and oxygen atoms in total. The van der Waals surface area contributed by atoms with E-state index in [9.17, 15) is 14.4 Å². The molecule has 9 heteroatoms. The van der Waals surface area contributed by atoms with E-state index < -0.39 is 5.69 Å². The maximum atomic E-state index is 13.4. The Bertz CT molecular complexity index is 1730. The Balaban J connectivity index is 1.63. The summed E-state index contributed by atoms with van der Waals surface area (Å²) in [5.74, 6) is 0.733. The van der Waals surface area contributed by atoms with Crippen molar-refractivity contribution in [1.82, 2.24) is 18.7 Å². The zero-order chi connectivity index (χ0) is 25.4. The highest BCUT2D eigenvalue weighted by atomic mass is 16.5. The predicted octanol–water partition coefficient (Wildman–Crippen LogP) is 3.07. The molecule has 182 valence electrons. The van der Waals surface area contributed by atoms with Gasteiger partial charge in [-0.15, -0.1) is 5.10 Å². The van der Waals surface area contributed by atoms with Gasteiger partial charge in [0.1, 0.15) is 6.54 Å². The van der Waals surface area contributed by atoms with Gasteiger partial charge in [-0.25, -0.2) is 13.9 Å². The van der Waals surface area contributed by atoms with E-state index in [2.05, 4.69) is 5.10 Å². The van der Waals surface area contributed by atoms with Gasteiger partial charge in [0.2, 0.25) is 5.78 Å². The van der Waals surface area contributed by atoms with Crippen LogP contribution in [0.3, 0.4) is 0 Å². The quantitative estimate of drug-likeness (QED) is 0.330. The molecule has 36 heavy (non-hydrogen) atoms. The predicted molar refractivity (Wildman–Crippen MR) is 135 cm³/mol. The number of aryl methyl sites for hydroxylation is 1. The number of carbonyl (C=O) groups excluding carboxylic acids is 1. The summed E-state index contributed by atoms with van der Waals surface area (Å²) >= 11 is 0. The van der Waals surface area contributed by atoms with E-state index in [0.29, 0.717) is 28.0 Å². The molecule has 2 heterocycles. The molecule has 0 saturated carbocycles. The van der Waals surface area contributed by atoms with Crippen LogP contribution in [0, 0.1) is 6.92 Å². The van der Waals surface area contributed by atoms with Crippen LogP contribution >= 0.6 is 0 Å². The second-order valence-corrected chi connectivity index (χ2v) is 8.46. The fourth-order valence-electron chi connectivity index (χ4n) is 4.23. The van der Waals surface area contributed by atoms with Crippen LogP contribution in [-0.4, -0.2) is 38.8 Å². The number of ketones is 1. The molecule has 5 rings (SSSR count). The van der Waals surface area contributed by atoms with Crippen LogP contribution in [0.25, 0.3) is 16.7 Å². The van der Waals surface area contributed by atoms with Crippen LogP contribution in [0.15, 0.2) is 76.3 Å². The Hall–Kier alpha value is -4.66. The molecule has 0 bridgehead atoms. The first-order valence-corrected chi connectivity index (χ1v) is 11.3. The lowest BCUT2D eigenvalue weighted by molar-refractivity contribution is 0.0966. The average Bonchev–Trinajstić information content (AvgIpc) is 3.22. The molecular formula is C27H24N4O5. The lowest BCUT2D eigenvalue weighted by Crippen LogP contribution is -2.27. The normalized spacial score (nSPS) is 11.2. The van der Waals surface area contributed by atoms with Crippen molar-refractivity contribution in [3.63, 3.8) is 0 Å². The van der Waals surface area contributed by atoms with Crippen molar-refractivity contribution in [1.29, 1.82) is 0 Å². The largest absolute Gasteiger partial charge is 0.493 e. The van der Waals surface area contributed by atoms with Gasteiger partial charge in [-0.1, -0.05) is 42.0 Å². The van der Waals surface area contributed by atoms with Gasteiger partial charge in [0.15, 0.2) is 17.3 Å². The Labute approximate surface area is 205 Å². The fourth-order valence-corrected chi connectivity index (χ4v) is 4.23. The van der Waals surface area contributed by atoms with Gasteiger partial charge in [0.05, 0.1) is 31.7 Å². The number of methoxy groups -OCH3 is 2. The Morgan fingerprint density at radius 1 is 0.917 bits per heavy atom. The van der Waals surface area contributed by atoms with Crippen molar-refractivity contribution < 1.29 is 14.3 Å². The highest BCUT2D eigenvalue weighted by molar-refractivity contribution is 5.96. The standard InChI is InChI=1S/C27H24N4O5/c1-17-8-10-18(11-9-17)15-29-25(33)20-6-4-5-7-21(20)31-26(29)28-30(27(31)34)16-22(32)19-12-13-23(35-2)24(14-19)36-3/h4-14H,15-16H2,1-3H3. The summed E-state index contributed by atoms with van der Waals surface area (Å²) in [6, 6.07) is 19.5. The van der Waals surface area contributed by atoms with Crippen LogP contribution in [0.4, 0.5) is 0 Å². The fraction of sp³-hybridized carbons (Fsp3) is 0.185. The zero-order valence-corrected chi connectivity index (χ0v) is 20.1. The van der Waals surface area contributed by atoms with Crippen molar-refractivity contribution >= 4 is 22.5 Å². The van der Waals surface area contributed by atoms with Crippen LogP contribution in [0.5, 0.6) is 11.5 Å². The molecule has 0 aliphatic carbocycles. The molecule has 0 fully saturated rings. The molecule has 0 amide bonds. The van der Waals surface area contributed by atoms with Crippen molar-refractivity contribution in [2.24, 2.45) is 0 Å². The molecule has 0 saturated heterocycles. The number of para-hydroxylation sites is 1. The van der Waals surface area contributed by atoms with Gasteiger partial charge in [0, 0.05) is 5.56 Å². The monoisotopic (exact) mass is 484 g/mol. The van der Waals surface area contributed by atoms with Gasteiger partial charge >= 0.3 is 5.69 Å². The minimum atomic E-state index is -0.507. The number of hydrogen-bond acceptors (Lipinski definition) is 6. The van der Waals surface area contributed by atoms with Crippen molar-refractivity contribution in [2.75, 3.05) is 14.2 Å². The second-order valence-electron chi connectivity index (χ2n) is 8.46. The Kier molecular flexibility index (Phi) is 5.89. The number of nitrogens with zero attached hydrogens (tertiary/aromatic N) is 4. The van der Waals surface area contributed by atoms with Crippen LogP contribution in [0.1, 0.15) is 21.5 Å². The molecule has 2 aromatic heterocycles. The number of aromatic nitrogens is 4. The zero-order valence-electron chi connectivity index (χ0n) is 20.1. The summed E-state index contributed by atoms with van der Waals surface area (Å²) in [7, 11) is 2.99. The van der Waals surface area contributed by atoms with Gasteiger partial charge in [0.25, 0.3) is 5.56 Å². The van der Waals surface area contributed by atoms with Crippen LogP contribution in [-0.2, 0) is 13.1 Å². The number of fused-ring (bicyclic) bond motifs is 3. The van der Waals surface area contributed by atoms with E-state index in [1.54, 1.807) is 42.5 Å². The lowest BCUT2D eigenvalue weighted by atomic mass is 10.1. The third-order valence-electron chi connectivity index (χ3n) is 6.14. The van der Waals surface area contributed by atoms with E-state index >= 15 is 0 Å². The summed E-state index contributed by atoms with van der Waals surface area (Å²) in [5.41, 5.74) is 2.01. The maximum Gasteiger partial charge on any atom is 0.352 e. The highest BCUT2D eigenvalue weighted by Gasteiger charge is 2.20. The highest BCUT2D eigenvalue weighted by Crippen LogP contribution is 2.27. The summed E-state index contributed by atoms with van der Waals surface area (Å²) in [4.78, 5) is 39.9. The minimum absolute atomic E-state index is 0.171. The molecule has 3 aromatic carbocycles. The summed E-state index contributed by atoms with van der Waals surface area (Å²) in [6.45, 7) is 1.91. The summed E-state index contributed by atoms with van der Waals surface area (Å²) < 4.78 is 14.5. The average molecular weight is 485 g/mol. The first-order valence-electron chi connectivity index (χ1n) is 11.3. The van der Waals surface area contributed by atoms with Gasteiger partial charge < -0.3 is 9.47 Å². The molecule has 0 spiro atoms. The van der Waals surface area contributed by atoms with Crippen molar-refractivity contribution in [3.8, 4) is 11.5 Å². The van der Waals surface area contributed by atoms with Gasteiger partial charge in [-0.05, 0) is 42.8 Å². The van der Waals surface area contributed by atoms with E-state index in [1.807, 2.05) is 31.2 Å².